The summed E-state index contributed by atoms with van der Waals surface area (Å²) in [6.07, 6.45) is 0. The molecule has 2 heterocycles. The van der Waals surface area contributed by atoms with Crippen LogP contribution in [0.1, 0.15) is 16.2 Å². The molecule has 9 heteroatoms. The van der Waals surface area contributed by atoms with Gasteiger partial charge in [-0.15, -0.1) is 10.2 Å². The Morgan fingerprint density at radius 1 is 0.971 bits per heavy atom. The molecule has 0 bridgehead atoms. The van der Waals surface area contributed by atoms with E-state index in [2.05, 4.69) is 10.2 Å². The molecule has 1 aliphatic rings. The lowest BCUT2D eigenvalue weighted by atomic mass is 10.1. The van der Waals surface area contributed by atoms with Gasteiger partial charge in [0, 0.05) is 11.3 Å². The number of thioether (sulfide) groups is 1. The summed E-state index contributed by atoms with van der Waals surface area (Å²) in [5, 5.41) is 9.76. The maximum atomic E-state index is 12.9. The van der Waals surface area contributed by atoms with Gasteiger partial charge >= 0.3 is 0 Å². The van der Waals surface area contributed by atoms with Crippen molar-refractivity contribution in [3.63, 3.8) is 0 Å². The Morgan fingerprint density at radius 3 is 2.56 bits per heavy atom. The predicted octanol–water partition coefficient (Wildman–Crippen LogP) is 5.25. The van der Waals surface area contributed by atoms with Crippen molar-refractivity contribution in [3.05, 3.63) is 89.2 Å². The number of Topliss-reactive ketones (excluding diaryl/α,β-unsaturated/α-hetero) is 1. The van der Waals surface area contributed by atoms with Crippen LogP contribution in [0.3, 0.4) is 0 Å². The average molecular weight is 494 g/mol. The molecule has 0 spiro atoms. The summed E-state index contributed by atoms with van der Waals surface area (Å²) in [5.41, 5.74) is 1.43. The third-order valence-electron chi connectivity index (χ3n) is 5.10. The lowest BCUT2D eigenvalue weighted by Gasteiger charge is -2.18. The second-order valence-corrected chi connectivity index (χ2v) is 8.71. The Bertz CT molecular complexity index is 1310. The van der Waals surface area contributed by atoms with Gasteiger partial charge in [0.2, 0.25) is 0 Å². The van der Waals surface area contributed by atoms with E-state index < -0.39 is 0 Å². The van der Waals surface area contributed by atoms with Gasteiger partial charge in [-0.1, -0.05) is 53.7 Å². The lowest BCUT2D eigenvalue weighted by molar-refractivity contribution is 0.102. The number of ether oxygens (including phenoxy) is 3. The van der Waals surface area contributed by atoms with Gasteiger partial charge in [-0.25, -0.2) is 0 Å². The number of hydrogen-bond acceptors (Lipinski definition) is 7. The quantitative estimate of drug-likeness (QED) is 0.245. The molecule has 0 aliphatic carbocycles. The molecule has 0 atom stereocenters. The molecular weight excluding hydrogens is 474 g/mol. The highest BCUT2D eigenvalue weighted by atomic mass is 35.5. The summed E-state index contributed by atoms with van der Waals surface area (Å²) in [6, 6.07) is 22.2. The van der Waals surface area contributed by atoms with E-state index in [4.69, 9.17) is 25.8 Å². The van der Waals surface area contributed by atoms with Crippen molar-refractivity contribution in [2.45, 2.75) is 11.8 Å². The maximum Gasteiger partial charge on any atom is 0.196 e. The molecule has 4 aromatic rings. The van der Waals surface area contributed by atoms with Crippen LogP contribution in [-0.4, -0.2) is 39.5 Å². The SMILES string of the molecule is O=C(CSc1nnc(COc2ccccc2Cl)n1-c1ccccc1)c1ccc2c(c1)OCCO2. The molecule has 0 fully saturated rings. The fourth-order valence-electron chi connectivity index (χ4n) is 3.46. The molecule has 172 valence electrons. The summed E-state index contributed by atoms with van der Waals surface area (Å²) in [4.78, 5) is 12.9. The van der Waals surface area contributed by atoms with Gasteiger partial charge in [0.1, 0.15) is 25.6 Å². The van der Waals surface area contributed by atoms with E-state index in [-0.39, 0.29) is 18.1 Å². The van der Waals surface area contributed by atoms with E-state index in [1.807, 2.05) is 47.0 Å². The van der Waals surface area contributed by atoms with E-state index in [1.165, 1.54) is 11.8 Å². The molecule has 0 amide bonds. The van der Waals surface area contributed by atoms with Crippen LogP contribution in [0.15, 0.2) is 78.0 Å². The smallest absolute Gasteiger partial charge is 0.196 e. The van der Waals surface area contributed by atoms with Crippen molar-refractivity contribution in [1.82, 2.24) is 14.8 Å². The molecule has 0 saturated carbocycles. The van der Waals surface area contributed by atoms with E-state index in [0.29, 0.717) is 52.0 Å². The second kappa shape index (κ2) is 10.2. The largest absolute Gasteiger partial charge is 0.486 e. The number of ketones is 1. The number of rotatable bonds is 8. The highest BCUT2D eigenvalue weighted by Gasteiger charge is 2.19. The highest BCUT2D eigenvalue weighted by Crippen LogP contribution is 2.32. The van der Waals surface area contributed by atoms with Gasteiger partial charge in [-0.2, -0.15) is 0 Å². The van der Waals surface area contributed by atoms with E-state index in [9.17, 15) is 4.79 Å². The summed E-state index contributed by atoms with van der Waals surface area (Å²) < 4.78 is 18.9. The third kappa shape index (κ3) is 4.88. The minimum Gasteiger partial charge on any atom is -0.486 e. The standard InChI is InChI=1S/C25H20ClN3O4S/c26-19-8-4-5-9-21(19)33-15-24-27-28-25(29(24)18-6-2-1-3-7-18)34-16-20(30)17-10-11-22-23(14-17)32-13-12-31-22/h1-11,14H,12-13,15-16H2. The molecule has 5 rings (SSSR count). The Labute approximate surface area is 205 Å². The van der Waals surface area contributed by atoms with Crippen molar-refractivity contribution in [3.8, 4) is 22.9 Å². The number of benzene rings is 3. The van der Waals surface area contributed by atoms with Crippen LogP contribution in [0.5, 0.6) is 17.2 Å². The Morgan fingerprint density at radius 2 is 1.74 bits per heavy atom. The molecule has 0 N–H and O–H groups in total. The Hall–Kier alpha value is -3.49. The number of halogens is 1. The van der Waals surface area contributed by atoms with E-state index in [1.54, 1.807) is 30.3 Å². The predicted molar refractivity (Wildman–Crippen MR) is 130 cm³/mol. The third-order valence-corrected chi connectivity index (χ3v) is 6.35. The van der Waals surface area contributed by atoms with Gasteiger partial charge in [-0.3, -0.25) is 9.36 Å². The highest BCUT2D eigenvalue weighted by molar-refractivity contribution is 7.99. The van der Waals surface area contributed by atoms with Gasteiger partial charge < -0.3 is 14.2 Å². The summed E-state index contributed by atoms with van der Waals surface area (Å²) in [6.45, 7) is 1.15. The van der Waals surface area contributed by atoms with Crippen molar-refractivity contribution in [2.24, 2.45) is 0 Å². The van der Waals surface area contributed by atoms with E-state index in [0.717, 1.165) is 5.69 Å². The van der Waals surface area contributed by atoms with Crippen LogP contribution in [0.4, 0.5) is 0 Å². The molecule has 3 aromatic carbocycles. The number of carbonyl (C=O) groups excluding carboxylic acids is 1. The van der Waals surface area contributed by atoms with Gasteiger partial charge in [0.25, 0.3) is 0 Å². The number of para-hydroxylation sites is 2. The van der Waals surface area contributed by atoms with E-state index >= 15 is 0 Å². The number of hydrogen-bond donors (Lipinski definition) is 0. The second-order valence-electron chi connectivity index (χ2n) is 7.36. The zero-order chi connectivity index (χ0) is 23.3. The topological polar surface area (TPSA) is 75.5 Å². The van der Waals surface area contributed by atoms with Gasteiger partial charge in [0.05, 0.1) is 10.8 Å². The molecule has 0 unspecified atom stereocenters. The van der Waals surface area contributed by atoms with Crippen molar-refractivity contribution < 1.29 is 19.0 Å². The summed E-state index contributed by atoms with van der Waals surface area (Å²) >= 11 is 7.53. The Kier molecular flexibility index (Phi) is 6.69. The molecule has 0 radical (unpaired) electrons. The maximum absolute atomic E-state index is 12.9. The number of aromatic nitrogens is 3. The van der Waals surface area contributed by atoms with Crippen molar-refractivity contribution in [2.75, 3.05) is 19.0 Å². The minimum absolute atomic E-state index is 0.0431. The van der Waals surface area contributed by atoms with Crippen LogP contribution in [0, 0.1) is 0 Å². The normalized spacial score (nSPS) is 12.4. The zero-order valence-corrected chi connectivity index (χ0v) is 19.6. The minimum atomic E-state index is -0.0431. The first-order valence-corrected chi connectivity index (χ1v) is 12.0. The summed E-state index contributed by atoms with van der Waals surface area (Å²) in [7, 11) is 0. The van der Waals surface area contributed by atoms with Crippen molar-refractivity contribution in [1.29, 1.82) is 0 Å². The van der Waals surface area contributed by atoms with Crippen LogP contribution in [0.2, 0.25) is 5.02 Å². The van der Waals surface area contributed by atoms with Crippen LogP contribution in [-0.2, 0) is 6.61 Å². The molecule has 7 nitrogen and oxygen atoms in total. The number of carbonyl (C=O) groups is 1. The van der Waals surface area contributed by atoms with Crippen LogP contribution < -0.4 is 14.2 Å². The number of fused-ring (bicyclic) bond motifs is 1. The molecule has 0 saturated heterocycles. The van der Waals surface area contributed by atoms with Gasteiger partial charge in [0.15, 0.2) is 28.3 Å². The molecular formula is C25H20ClN3O4S. The first-order valence-electron chi connectivity index (χ1n) is 10.6. The Balaban J connectivity index is 1.35. The average Bonchev–Trinajstić information content (AvgIpc) is 3.29. The monoisotopic (exact) mass is 493 g/mol. The zero-order valence-electron chi connectivity index (χ0n) is 18.0. The molecule has 34 heavy (non-hydrogen) atoms. The first-order chi connectivity index (χ1) is 16.7. The lowest BCUT2D eigenvalue weighted by Crippen LogP contribution is -2.16. The number of nitrogens with zero attached hydrogens (tertiary/aromatic N) is 3. The van der Waals surface area contributed by atoms with Gasteiger partial charge in [-0.05, 0) is 42.5 Å². The summed E-state index contributed by atoms with van der Waals surface area (Å²) in [5.74, 6) is 2.56. The fraction of sp³-hybridized carbons (Fsp3) is 0.160. The molecule has 1 aliphatic heterocycles. The van der Waals surface area contributed by atoms with Crippen LogP contribution >= 0.6 is 23.4 Å². The molecule has 1 aromatic heterocycles. The first kappa shape index (κ1) is 22.3. The van der Waals surface area contributed by atoms with Crippen LogP contribution in [0.25, 0.3) is 5.69 Å². The fourth-order valence-corrected chi connectivity index (χ4v) is 4.51. The van der Waals surface area contributed by atoms with Crippen molar-refractivity contribution >= 4 is 29.1 Å².